The number of benzene rings is 1. The van der Waals surface area contributed by atoms with Crippen LogP contribution in [0.5, 0.6) is 0 Å². The number of aromatic nitrogens is 2. The molecule has 0 radical (unpaired) electrons. The van der Waals surface area contributed by atoms with Gasteiger partial charge < -0.3 is 15.5 Å². The number of nitrogens with two attached hydrogens (primary N) is 1. The lowest BCUT2D eigenvalue weighted by atomic mass is 9.95. The van der Waals surface area contributed by atoms with Gasteiger partial charge in [-0.1, -0.05) is 18.6 Å². The number of carbonyl (C=O) groups is 2. The fourth-order valence-corrected chi connectivity index (χ4v) is 4.57. The molecule has 1 aromatic carbocycles. The summed E-state index contributed by atoms with van der Waals surface area (Å²) in [5.74, 6) is 0.557. The summed E-state index contributed by atoms with van der Waals surface area (Å²) >= 11 is 0. The molecule has 1 aromatic heterocycles. The van der Waals surface area contributed by atoms with E-state index in [4.69, 9.17) is 10.7 Å². The Morgan fingerprint density at radius 1 is 1.09 bits per heavy atom. The molecule has 2 aliphatic rings. The van der Waals surface area contributed by atoms with Crippen LogP contribution in [0.25, 0.3) is 11.1 Å². The molecule has 2 aromatic rings. The maximum Gasteiger partial charge on any atom is 0.248 e. The van der Waals surface area contributed by atoms with Gasteiger partial charge in [0.15, 0.2) is 0 Å². The van der Waals surface area contributed by atoms with Gasteiger partial charge in [-0.15, -0.1) is 0 Å². The predicted molar refractivity (Wildman–Crippen MR) is 125 cm³/mol. The number of hydrogen-bond acceptors (Lipinski definition) is 6. The highest BCUT2D eigenvalue weighted by Crippen LogP contribution is 2.34. The van der Waals surface area contributed by atoms with Crippen molar-refractivity contribution in [2.45, 2.75) is 31.6 Å². The minimum Gasteiger partial charge on any atom is -0.366 e. The summed E-state index contributed by atoms with van der Waals surface area (Å²) < 4.78 is 0. The topological polar surface area (TPSA) is 95.7 Å². The molecule has 0 saturated carbocycles. The number of rotatable bonds is 6. The molecule has 2 aliphatic heterocycles. The fraction of sp³-hybridized carbons (Fsp3) is 0.500. The highest BCUT2D eigenvalue weighted by Gasteiger charge is 2.31. The molecule has 2 fully saturated rings. The molecule has 2 saturated heterocycles. The summed E-state index contributed by atoms with van der Waals surface area (Å²) in [6.07, 6.45) is 6.35. The summed E-state index contributed by atoms with van der Waals surface area (Å²) in [6, 6.07) is 7.21. The lowest BCUT2D eigenvalue weighted by Gasteiger charge is -2.28. The van der Waals surface area contributed by atoms with Gasteiger partial charge in [0.05, 0.1) is 12.2 Å². The number of likely N-dealkylation sites (tertiary alicyclic amines) is 2. The second-order valence-electron chi connectivity index (χ2n) is 8.97. The minimum absolute atomic E-state index is 0.146. The minimum atomic E-state index is -0.449. The van der Waals surface area contributed by atoms with Crippen molar-refractivity contribution in [3.8, 4) is 11.1 Å². The van der Waals surface area contributed by atoms with E-state index >= 15 is 0 Å². The zero-order valence-corrected chi connectivity index (χ0v) is 19.0. The van der Waals surface area contributed by atoms with Crippen LogP contribution in [-0.4, -0.2) is 78.4 Å². The molecule has 170 valence electrons. The first-order chi connectivity index (χ1) is 15.4. The Labute approximate surface area is 189 Å². The van der Waals surface area contributed by atoms with Crippen LogP contribution in [0.1, 0.15) is 47.7 Å². The first kappa shape index (κ1) is 22.2. The van der Waals surface area contributed by atoms with Gasteiger partial charge in [-0.2, -0.15) is 0 Å². The van der Waals surface area contributed by atoms with Crippen LogP contribution < -0.4 is 10.6 Å². The second-order valence-corrected chi connectivity index (χ2v) is 8.97. The van der Waals surface area contributed by atoms with E-state index in [1.165, 1.54) is 19.3 Å². The van der Waals surface area contributed by atoms with E-state index in [1.807, 2.05) is 42.2 Å². The number of anilines is 1. The van der Waals surface area contributed by atoms with Crippen molar-refractivity contribution in [3.63, 3.8) is 0 Å². The molecule has 4 rings (SSSR count). The molecule has 0 unspecified atom stereocenters. The largest absolute Gasteiger partial charge is 0.366 e. The Morgan fingerprint density at radius 3 is 2.47 bits per heavy atom. The zero-order valence-electron chi connectivity index (χ0n) is 19.0. The third kappa shape index (κ3) is 4.91. The highest BCUT2D eigenvalue weighted by molar-refractivity contribution is 5.93. The van der Waals surface area contributed by atoms with E-state index in [2.05, 4.69) is 9.88 Å². The Hall–Kier alpha value is -3.00. The molecular formula is C24H32N6O2. The first-order valence-electron chi connectivity index (χ1n) is 11.4. The van der Waals surface area contributed by atoms with Crippen LogP contribution in [0.15, 0.2) is 30.5 Å². The summed E-state index contributed by atoms with van der Waals surface area (Å²) in [5.41, 5.74) is 8.67. The third-order valence-electron chi connectivity index (χ3n) is 6.42. The van der Waals surface area contributed by atoms with Crippen molar-refractivity contribution in [2.24, 2.45) is 5.73 Å². The van der Waals surface area contributed by atoms with Gasteiger partial charge in [0.25, 0.3) is 0 Å². The molecule has 1 atom stereocenters. The fourth-order valence-electron chi connectivity index (χ4n) is 4.57. The van der Waals surface area contributed by atoms with Crippen molar-refractivity contribution in [1.82, 2.24) is 19.8 Å². The number of nitrogens with zero attached hydrogens (tertiary/aromatic N) is 5. The zero-order chi connectivity index (χ0) is 22.7. The number of piperidine rings is 1. The quantitative estimate of drug-likeness (QED) is 0.745. The van der Waals surface area contributed by atoms with Gasteiger partial charge in [0.1, 0.15) is 0 Å². The summed E-state index contributed by atoms with van der Waals surface area (Å²) in [4.78, 5) is 39.9. The Balaban J connectivity index is 1.55. The number of primary amides is 1. The molecule has 0 aliphatic carbocycles. The van der Waals surface area contributed by atoms with Gasteiger partial charge >= 0.3 is 0 Å². The van der Waals surface area contributed by atoms with Crippen LogP contribution in [-0.2, 0) is 4.79 Å². The van der Waals surface area contributed by atoms with E-state index in [9.17, 15) is 9.59 Å². The van der Waals surface area contributed by atoms with Gasteiger partial charge in [0, 0.05) is 50.4 Å². The second kappa shape index (κ2) is 9.65. The van der Waals surface area contributed by atoms with Crippen molar-refractivity contribution >= 4 is 17.8 Å². The number of amides is 2. The Morgan fingerprint density at radius 2 is 1.81 bits per heavy atom. The lowest BCUT2D eigenvalue weighted by molar-refractivity contribution is -0.131. The standard InChI is InChI=1S/C24H32N6O2/c1-28(2)24-26-14-20(17-6-8-18(9-7-17)23(25)32)22(27-24)19-10-13-30(15-19)21(31)16-29-11-4-3-5-12-29/h6-9,14,19H,3-5,10-13,15-16H2,1-2H3,(H2,25,32)/t19-/m0/s1. The first-order valence-corrected chi connectivity index (χ1v) is 11.4. The monoisotopic (exact) mass is 436 g/mol. The molecule has 0 spiro atoms. The van der Waals surface area contributed by atoms with Gasteiger partial charge in [-0.25, -0.2) is 9.97 Å². The van der Waals surface area contributed by atoms with E-state index < -0.39 is 5.91 Å². The SMILES string of the molecule is CN(C)c1ncc(-c2ccc(C(N)=O)cc2)c([C@H]2CCN(C(=O)CN3CCCCC3)C2)n1. The van der Waals surface area contributed by atoms with Gasteiger partial charge in [-0.05, 0) is 50.0 Å². The van der Waals surface area contributed by atoms with Crippen LogP contribution in [0.4, 0.5) is 5.95 Å². The van der Waals surface area contributed by atoms with Crippen molar-refractivity contribution < 1.29 is 9.59 Å². The average Bonchev–Trinajstić information content (AvgIpc) is 3.30. The highest BCUT2D eigenvalue weighted by atomic mass is 16.2. The van der Waals surface area contributed by atoms with E-state index in [0.29, 0.717) is 24.6 Å². The van der Waals surface area contributed by atoms with Gasteiger partial charge in [-0.3, -0.25) is 14.5 Å². The molecular weight excluding hydrogens is 404 g/mol. The normalized spacial score (nSPS) is 19.2. The van der Waals surface area contributed by atoms with E-state index in [1.54, 1.807) is 12.1 Å². The predicted octanol–water partition coefficient (Wildman–Crippen LogP) is 2.11. The van der Waals surface area contributed by atoms with Crippen molar-refractivity contribution in [2.75, 3.05) is 51.7 Å². The number of carbonyl (C=O) groups excluding carboxylic acids is 2. The van der Waals surface area contributed by atoms with Crippen LogP contribution in [0.3, 0.4) is 0 Å². The molecule has 3 heterocycles. The molecule has 32 heavy (non-hydrogen) atoms. The van der Waals surface area contributed by atoms with Crippen molar-refractivity contribution in [3.05, 3.63) is 41.7 Å². The maximum absolute atomic E-state index is 12.9. The third-order valence-corrected chi connectivity index (χ3v) is 6.42. The van der Waals surface area contributed by atoms with Crippen LogP contribution >= 0.6 is 0 Å². The smallest absolute Gasteiger partial charge is 0.248 e. The number of hydrogen-bond donors (Lipinski definition) is 1. The summed E-state index contributed by atoms with van der Waals surface area (Å²) in [6.45, 7) is 3.97. The van der Waals surface area contributed by atoms with Gasteiger partial charge in [0.2, 0.25) is 17.8 Å². The van der Waals surface area contributed by atoms with Crippen LogP contribution in [0, 0.1) is 0 Å². The Bertz CT molecular complexity index is 969. The van der Waals surface area contributed by atoms with E-state index in [0.717, 1.165) is 42.9 Å². The average molecular weight is 437 g/mol. The van der Waals surface area contributed by atoms with E-state index in [-0.39, 0.29) is 11.8 Å². The lowest BCUT2D eigenvalue weighted by Crippen LogP contribution is -2.41. The molecule has 2 N–H and O–H groups in total. The summed E-state index contributed by atoms with van der Waals surface area (Å²) in [7, 11) is 3.84. The van der Waals surface area contributed by atoms with Crippen LogP contribution in [0.2, 0.25) is 0 Å². The molecule has 8 nitrogen and oxygen atoms in total. The maximum atomic E-state index is 12.9. The Kier molecular flexibility index (Phi) is 6.69. The molecule has 2 amide bonds. The molecule has 0 bridgehead atoms. The summed E-state index contributed by atoms with van der Waals surface area (Å²) in [5, 5.41) is 0. The van der Waals surface area contributed by atoms with Crippen molar-refractivity contribution in [1.29, 1.82) is 0 Å². The molecule has 8 heteroatoms.